The van der Waals surface area contributed by atoms with Crippen molar-refractivity contribution in [2.45, 2.75) is 65.0 Å². The van der Waals surface area contributed by atoms with Gasteiger partial charge >= 0.3 is 0 Å². The van der Waals surface area contributed by atoms with Crippen LogP contribution in [0.3, 0.4) is 0 Å². The Labute approximate surface area is 190 Å². The van der Waals surface area contributed by atoms with Crippen molar-refractivity contribution in [1.29, 1.82) is 0 Å². The highest BCUT2D eigenvalue weighted by molar-refractivity contribution is 7.92. The zero-order valence-corrected chi connectivity index (χ0v) is 20.2. The van der Waals surface area contributed by atoms with Gasteiger partial charge in [-0.2, -0.15) is 0 Å². The molecule has 0 saturated carbocycles. The van der Waals surface area contributed by atoms with Crippen LogP contribution in [0.15, 0.2) is 36.4 Å². The van der Waals surface area contributed by atoms with Crippen molar-refractivity contribution >= 4 is 33.2 Å². The Morgan fingerprint density at radius 1 is 1.13 bits per heavy atom. The number of carbonyl (C=O) groups is 1. The molecule has 0 radical (unpaired) electrons. The summed E-state index contributed by atoms with van der Waals surface area (Å²) in [5, 5.41) is 3.52. The topological polar surface area (TPSA) is 66.5 Å². The van der Waals surface area contributed by atoms with Crippen LogP contribution >= 0.6 is 11.6 Å². The van der Waals surface area contributed by atoms with E-state index >= 15 is 0 Å². The van der Waals surface area contributed by atoms with Gasteiger partial charge in [-0.1, -0.05) is 42.8 Å². The van der Waals surface area contributed by atoms with Crippen LogP contribution in [-0.2, 0) is 27.7 Å². The van der Waals surface area contributed by atoms with Crippen molar-refractivity contribution in [3.8, 4) is 0 Å². The van der Waals surface area contributed by atoms with Gasteiger partial charge in [-0.15, -0.1) is 0 Å². The average Bonchev–Trinajstić information content (AvgIpc) is 2.73. The van der Waals surface area contributed by atoms with E-state index in [0.717, 1.165) is 34.5 Å². The zero-order chi connectivity index (χ0) is 22.8. The van der Waals surface area contributed by atoms with Crippen LogP contribution in [0.2, 0.25) is 5.02 Å². The normalized spacial score (nSPS) is 15.6. The Hall–Kier alpha value is -2.05. The molecule has 2 atom stereocenters. The van der Waals surface area contributed by atoms with Gasteiger partial charge in [0.25, 0.3) is 0 Å². The SMILES string of the molecule is CCC(NC(=O)C(C)N(c1ccc(C)c(Cl)c1)S(C)(=O)=O)c1ccc2c(c1)CCCC2. The predicted octanol–water partition coefficient (Wildman–Crippen LogP) is 4.95. The number of benzene rings is 2. The number of halogens is 1. The number of carbonyl (C=O) groups excluding carboxylic acids is 1. The van der Waals surface area contributed by atoms with Gasteiger partial charge in [0.15, 0.2) is 0 Å². The summed E-state index contributed by atoms with van der Waals surface area (Å²) in [5.74, 6) is -0.341. The smallest absolute Gasteiger partial charge is 0.244 e. The molecule has 2 aromatic rings. The maximum absolute atomic E-state index is 13.1. The lowest BCUT2D eigenvalue weighted by atomic mass is 9.88. The van der Waals surface area contributed by atoms with E-state index < -0.39 is 16.1 Å². The van der Waals surface area contributed by atoms with Gasteiger partial charge in [0.1, 0.15) is 6.04 Å². The first kappa shape index (κ1) is 23.6. The van der Waals surface area contributed by atoms with Crippen molar-refractivity contribution in [3.63, 3.8) is 0 Å². The van der Waals surface area contributed by atoms with E-state index in [4.69, 9.17) is 11.6 Å². The molecule has 2 aromatic carbocycles. The van der Waals surface area contributed by atoms with Crippen molar-refractivity contribution in [3.05, 3.63) is 63.7 Å². The Morgan fingerprint density at radius 2 is 1.81 bits per heavy atom. The minimum Gasteiger partial charge on any atom is -0.347 e. The minimum atomic E-state index is -3.70. The molecule has 0 aromatic heterocycles. The molecule has 7 heteroatoms. The lowest BCUT2D eigenvalue weighted by Crippen LogP contribution is -2.48. The molecular weight excluding hydrogens is 432 g/mol. The van der Waals surface area contributed by atoms with Gasteiger partial charge in [-0.05, 0) is 80.3 Å². The summed E-state index contributed by atoms with van der Waals surface area (Å²) in [6.07, 6.45) is 6.41. The molecule has 0 fully saturated rings. The summed E-state index contributed by atoms with van der Waals surface area (Å²) in [4.78, 5) is 13.1. The largest absolute Gasteiger partial charge is 0.347 e. The van der Waals surface area contributed by atoms with E-state index in [2.05, 4.69) is 23.5 Å². The third-order valence-electron chi connectivity index (χ3n) is 6.00. The molecule has 1 aliphatic carbocycles. The van der Waals surface area contributed by atoms with Gasteiger partial charge in [0.05, 0.1) is 18.0 Å². The summed E-state index contributed by atoms with van der Waals surface area (Å²) < 4.78 is 26.3. The van der Waals surface area contributed by atoms with Crippen LogP contribution in [-0.4, -0.2) is 26.6 Å². The second-order valence-corrected chi connectivity index (χ2v) is 10.6. The molecule has 0 saturated heterocycles. The molecule has 1 amide bonds. The first-order chi connectivity index (χ1) is 14.6. The number of hydrogen-bond donors (Lipinski definition) is 1. The van der Waals surface area contributed by atoms with Crippen LogP contribution < -0.4 is 9.62 Å². The van der Waals surface area contributed by atoms with E-state index in [1.807, 2.05) is 13.8 Å². The second kappa shape index (κ2) is 9.61. The van der Waals surface area contributed by atoms with Gasteiger partial charge in [-0.25, -0.2) is 8.42 Å². The first-order valence-corrected chi connectivity index (χ1v) is 13.0. The Bertz CT molecular complexity index is 1070. The third kappa shape index (κ3) is 5.42. The summed E-state index contributed by atoms with van der Waals surface area (Å²) in [5.41, 5.74) is 5.03. The number of anilines is 1. The maximum atomic E-state index is 13.1. The number of amides is 1. The number of nitrogens with one attached hydrogen (secondary N) is 1. The highest BCUT2D eigenvalue weighted by Gasteiger charge is 2.30. The lowest BCUT2D eigenvalue weighted by Gasteiger charge is -2.30. The molecule has 0 spiro atoms. The predicted molar refractivity (Wildman–Crippen MR) is 127 cm³/mol. The summed E-state index contributed by atoms with van der Waals surface area (Å²) >= 11 is 6.22. The fourth-order valence-corrected chi connectivity index (χ4v) is 5.55. The molecule has 1 N–H and O–H groups in total. The highest BCUT2D eigenvalue weighted by atomic mass is 35.5. The van der Waals surface area contributed by atoms with Crippen LogP contribution in [0.25, 0.3) is 0 Å². The molecule has 31 heavy (non-hydrogen) atoms. The van der Waals surface area contributed by atoms with E-state index in [1.165, 1.54) is 24.0 Å². The highest BCUT2D eigenvalue weighted by Crippen LogP contribution is 2.28. The fourth-order valence-electron chi connectivity index (χ4n) is 4.21. The van der Waals surface area contributed by atoms with E-state index in [1.54, 1.807) is 25.1 Å². The van der Waals surface area contributed by atoms with Crippen LogP contribution in [0.4, 0.5) is 5.69 Å². The van der Waals surface area contributed by atoms with E-state index in [-0.39, 0.29) is 11.9 Å². The van der Waals surface area contributed by atoms with Crippen molar-refractivity contribution < 1.29 is 13.2 Å². The average molecular weight is 463 g/mol. The molecule has 2 unspecified atom stereocenters. The Morgan fingerprint density at radius 3 is 2.42 bits per heavy atom. The van der Waals surface area contributed by atoms with Crippen molar-refractivity contribution in [2.24, 2.45) is 0 Å². The number of nitrogens with zero attached hydrogens (tertiary/aromatic N) is 1. The number of rotatable bonds is 7. The Balaban J connectivity index is 1.84. The van der Waals surface area contributed by atoms with Crippen molar-refractivity contribution in [2.75, 3.05) is 10.6 Å². The van der Waals surface area contributed by atoms with Crippen LogP contribution in [0.1, 0.15) is 61.4 Å². The maximum Gasteiger partial charge on any atom is 0.244 e. The quantitative estimate of drug-likeness (QED) is 0.633. The standard InChI is InChI=1S/C24H31ClN2O3S/c1-5-23(20-12-11-18-8-6-7-9-19(18)14-20)26-24(28)17(3)27(31(4,29)30)21-13-10-16(2)22(25)15-21/h10-15,17,23H,5-9H2,1-4H3,(H,26,28). The van der Waals surface area contributed by atoms with E-state index in [0.29, 0.717) is 17.1 Å². The minimum absolute atomic E-state index is 0.176. The van der Waals surface area contributed by atoms with Gasteiger partial charge in [0, 0.05) is 5.02 Å². The third-order valence-corrected chi connectivity index (χ3v) is 7.65. The molecular formula is C24H31ClN2O3S. The number of aryl methyl sites for hydroxylation is 3. The van der Waals surface area contributed by atoms with Gasteiger partial charge in [0.2, 0.25) is 15.9 Å². The second-order valence-electron chi connectivity index (χ2n) is 8.37. The van der Waals surface area contributed by atoms with Crippen molar-refractivity contribution in [1.82, 2.24) is 5.32 Å². The number of hydrogen-bond acceptors (Lipinski definition) is 3. The monoisotopic (exact) mass is 462 g/mol. The van der Waals surface area contributed by atoms with Crippen LogP contribution in [0.5, 0.6) is 0 Å². The zero-order valence-electron chi connectivity index (χ0n) is 18.6. The van der Waals surface area contributed by atoms with Crippen LogP contribution in [0, 0.1) is 6.92 Å². The lowest BCUT2D eigenvalue weighted by molar-refractivity contribution is -0.122. The fraction of sp³-hybridized carbons (Fsp3) is 0.458. The molecule has 1 aliphatic rings. The molecule has 0 aliphatic heterocycles. The molecule has 5 nitrogen and oxygen atoms in total. The number of sulfonamides is 1. The molecule has 3 rings (SSSR count). The summed E-state index contributed by atoms with van der Waals surface area (Å²) in [6, 6.07) is 10.4. The Kier molecular flexibility index (Phi) is 7.32. The summed E-state index contributed by atoms with van der Waals surface area (Å²) in [6.45, 7) is 5.46. The van der Waals surface area contributed by atoms with E-state index in [9.17, 15) is 13.2 Å². The molecule has 0 heterocycles. The van der Waals surface area contributed by atoms with Gasteiger partial charge in [-0.3, -0.25) is 9.10 Å². The molecule has 0 bridgehead atoms. The number of fused-ring (bicyclic) bond motifs is 1. The first-order valence-electron chi connectivity index (χ1n) is 10.8. The summed E-state index contributed by atoms with van der Waals surface area (Å²) in [7, 11) is -3.70. The molecule has 168 valence electrons. The van der Waals surface area contributed by atoms with Gasteiger partial charge < -0.3 is 5.32 Å².